The molecule has 0 unspecified atom stereocenters. The molecule has 3 aromatic rings. The number of primary amides is 1. The van der Waals surface area contributed by atoms with E-state index in [1.54, 1.807) is 4.90 Å². The van der Waals surface area contributed by atoms with Gasteiger partial charge in [0.1, 0.15) is 28.8 Å². The van der Waals surface area contributed by atoms with Gasteiger partial charge in [0.15, 0.2) is 0 Å². The number of benzene rings is 3. The lowest BCUT2D eigenvalue weighted by Crippen LogP contribution is -2.50. The van der Waals surface area contributed by atoms with Crippen LogP contribution in [0.2, 0.25) is 0 Å². The molecule has 0 spiro atoms. The van der Waals surface area contributed by atoms with Crippen molar-refractivity contribution in [2.45, 2.75) is 19.1 Å². The fourth-order valence-electron chi connectivity index (χ4n) is 4.52. The van der Waals surface area contributed by atoms with E-state index in [4.69, 9.17) is 5.73 Å². The van der Waals surface area contributed by atoms with Crippen LogP contribution in [0.5, 0.6) is 0 Å². The number of carbonyl (C=O) groups excluding carboxylic acids is 2. The summed E-state index contributed by atoms with van der Waals surface area (Å²) in [6.45, 7) is 3.16. The largest absolute Gasteiger partial charge is 0.417 e. The van der Waals surface area contributed by atoms with Crippen LogP contribution in [0.3, 0.4) is 0 Å². The number of nitrogens with one attached hydrogen (secondary N) is 1. The maximum absolute atomic E-state index is 15.4. The van der Waals surface area contributed by atoms with Crippen molar-refractivity contribution >= 4 is 23.2 Å². The van der Waals surface area contributed by atoms with E-state index in [9.17, 15) is 35.9 Å². The summed E-state index contributed by atoms with van der Waals surface area (Å²) in [5.41, 5.74) is 0.736. The van der Waals surface area contributed by atoms with Crippen molar-refractivity contribution in [3.63, 3.8) is 0 Å². The summed E-state index contributed by atoms with van der Waals surface area (Å²) in [6.07, 6.45) is -5.06. The normalized spacial score (nSPS) is 16.2. The summed E-state index contributed by atoms with van der Waals surface area (Å²) in [6, 6.07) is 4.89. The molecule has 0 radical (unpaired) electrons. The quantitative estimate of drug-likeness (QED) is 0.403. The number of rotatable bonds is 5. The molecule has 13 heteroatoms. The van der Waals surface area contributed by atoms with Gasteiger partial charge >= 0.3 is 6.18 Å². The Labute approximate surface area is 224 Å². The highest BCUT2D eigenvalue weighted by Gasteiger charge is 2.36. The van der Waals surface area contributed by atoms with Gasteiger partial charge in [-0.05, 0) is 62.0 Å². The highest BCUT2D eigenvalue weighted by molar-refractivity contribution is 6.07. The molecule has 6 nitrogen and oxygen atoms in total. The summed E-state index contributed by atoms with van der Waals surface area (Å²) in [5, 5.41) is 2.33. The van der Waals surface area contributed by atoms with Gasteiger partial charge < -0.3 is 20.9 Å². The zero-order chi connectivity index (χ0) is 29.5. The minimum atomic E-state index is -5.06. The van der Waals surface area contributed by atoms with Gasteiger partial charge in [-0.15, -0.1) is 0 Å². The number of amides is 2. The van der Waals surface area contributed by atoms with Crippen LogP contribution in [0.1, 0.15) is 33.2 Å². The highest BCUT2D eigenvalue weighted by Crippen LogP contribution is 2.38. The molecular weight excluding hydrogens is 545 g/mol. The monoisotopic (exact) mass is 568 g/mol. The number of anilines is 2. The first-order valence-electron chi connectivity index (χ1n) is 11.9. The van der Waals surface area contributed by atoms with Crippen LogP contribution in [-0.2, 0) is 6.18 Å². The van der Waals surface area contributed by atoms with E-state index >= 15 is 4.39 Å². The first kappa shape index (κ1) is 28.9. The molecule has 3 N–H and O–H groups in total. The van der Waals surface area contributed by atoms with E-state index in [2.05, 4.69) is 5.32 Å². The van der Waals surface area contributed by atoms with Crippen molar-refractivity contribution in [3.8, 4) is 11.1 Å². The fourth-order valence-corrected chi connectivity index (χ4v) is 4.52. The lowest BCUT2D eigenvalue weighted by molar-refractivity contribution is -0.138. The molecule has 1 saturated heterocycles. The van der Waals surface area contributed by atoms with Crippen LogP contribution in [0, 0.1) is 23.3 Å². The lowest BCUT2D eigenvalue weighted by Gasteiger charge is -2.39. The predicted octanol–water partition coefficient (Wildman–Crippen LogP) is 5.42. The van der Waals surface area contributed by atoms with Crippen molar-refractivity contribution in [3.05, 3.63) is 82.4 Å². The van der Waals surface area contributed by atoms with Crippen LogP contribution < -0.4 is 16.0 Å². The van der Waals surface area contributed by atoms with Crippen molar-refractivity contribution in [2.24, 2.45) is 5.73 Å². The number of nitrogens with zero attached hydrogens (tertiary/aromatic N) is 2. The van der Waals surface area contributed by atoms with Gasteiger partial charge in [-0.1, -0.05) is 0 Å². The Morgan fingerprint density at radius 3 is 2.17 bits per heavy atom. The second-order valence-electron chi connectivity index (χ2n) is 9.45. The third kappa shape index (κ3) is 5.74. The SMILES string of the molecule is C[C@H]1CN(c2cc(F)c(-c3cc(F)c(C(N)=O)c(F)c3)cc2NC(=O)c2ccc(F)cc2C(F)(F)F)CCN1C. The maximum atomic E-state index is 15.4. The standard InChI is InChI=1S/C27H23F7N4O2/c1-13-12-38(6-5-37(13)2)23-11-19(29)17(14-7-20(30)24(25(35)39)21(31)8-14)10-22(23)36-26(40)16-4-3-15(28)9-18(16)27(32,33)34/h3-4,7-11,13H,5-6,12H2,1-2H3,(H2,35,39)(H,36,40)/t13-/m0/s1. The summed E-state index contributed by atoms with van der Waals surface area (Å²) < 4.78 is 98.6. The number of halogens is 7. The minimum absolute atomic E-state index is 0.0153. The third-order valence-corrected chi connectivity index (χ3v) is 6.77. The third-order valence-electron chi connectivity index (χ3n) is 6.77. The number of hydrogen-bond acceptors (Lipinski definition) is 4. The van der Waals surface area contributed by atoms with E-state index in [-0.39, 0.29) is 29.0 Å². The average molecular weight is 568 g/mol. The molecule has 0 bridgehead atoms. The Kier molecular flexibility index (Phi) is 7.79. The Balaban J connectivity index is 1.84. The van der Waals surface area contributed by atoms with Gasteiger partial charge in [-0.2, -0.15) is 13.2 Å². The van der Waals surface area contributed by atoms with Crippen LogP contribution in [0.15, 0.2) is 42.5 Å². The summed E-state index contributed by atoms with van der Waals surface area (Å²) in [4.78, 5) is 28.2. The van der Waals surface area contributed by atoms with Crippen LogP contribution >= 0.6 is 0 Å². The molecule has 1 heterocycles. The van der Waals surface area contributed by atoms with Crippen molar-refractivity contribution in [1.82, 2.24) is 4.90 Å². The average Bonchev–Trinajstić information content (AvgIpc) is 2.85. The molecule has 2 amide bonds. The molecular formula is C27H23F7N4O2. The van der Waals surface area contributed by atoms with Crippen LogP contribution in [-0.4, -0.2) is 49.4 Å². The van der Waals surface area contributed by atoms with Gasteiger partial charge in [0.2, 0.25) is 0 Å². The Morgan fingerprint density at radius 1 is 0.950 bits per heavy atom. The molecule has 0 aromatic heterocycles. The van der Waals surface area contributed by atoms with Crippen LogP contribution in [0.25, 0.3) is 11.1 Å². The predicted molar refractivity (Wildman–Crippen MR) is 134 cm³/mol. The Bertz CT molecular complexity index is 1470. The van der Waals surface area contributed by atoms with Crippen molar-refractivity contribution in [2.75, 3.05) is 36.9 Å². The van der Waals surface area contributed by atoms with Crippen molar-refractivity contribution < 1.29 is 40.3 Å². The zero-order valence-corrected chi connectivity index (χ0v) is 21.2. The molecule has 0 saturated carbocycles. The van der Waals surface area contributed by atoms with E-state index in [0.717, 1.165) is 12.1 Å². The number of nitrogens with two attached hydrogens (primary N) is 1. The minimum Gasteiger partial charge on any atom is -0.367 e. The Morgan fingerprint density at radius 2 is 1.60 bits per heavy atom. The van der Waals surface area contributed by atoms with E-state index in [1.165, 1.54) is 0 Å². The number of carbonyl (C=O) groups is 2. The number of likely N-dealkylation sites (N-methyl/N-ethyl adjacent to an activating group) is 1. The first-order chi connectivity index (χ1) is 18.7. The fraction of sp³-hybridized carbons (Fsp3) is 0.259. The van der Waals surface area contributed by atoms with E-state index < -0.39 is 63.5 Å². The van der Waals surface area contributed by atoms with E-state index in [0.29, 0.717) is 43.9 Å². The van der Waals surface area contributed by atoms with Gasteiger partial charge in [0.25, 0.3) is 11.8 Å². The molecule has 4 rings (SSSR count). The number of piperazine rings is 1. The molecule has 1 aliphatic heterocycles. The Hall–Kier alpha value is -4.13. The van der Waals surface area contributed by atoms with E-state index in [1.807, 2.05) is 18.9 Å². The molecule has 0 aliphatic carbocycles. The van der Waals surface area contributed by atoms with Gasteiger partial charge in [0, 0.05) is 31.2 Å². The molecule has 1 aliphatic rings. The van der Waals surface area contributed by atoms with Gasteiger partial charge in [-0.25, -0.2) is 17.6 Å². The smallest absolute Gasteiger partial charge is 0.367 e. The topological polar surface area (TPSA) is 78.7 Å². The molecule has 1 atom stereocenters. The molecule has 1 fully saturated rings. The van der Waals surface area contributed by atoms with Gasteiger partial charge in [-0.3, -0.25) is 9.59 Å². The highest BCUT2D eigenvalue weighted by atomic mass is 19.4. The molecule has 40 heavy (non-hydrogen) atoms. The molecule has 3 aromatic carbocycles. The summed E-state index contributed by atoms with van der Waals surface area (Å²) in [7, 11) is 1.88. The van der Waals surface area contributed by atoms with Crippen LogP contribution in [0.4, 0.5) is 42.1 Å². The second-order valence-corrected chi connectivity index (χ2v) is 9.45. The molecule has 212 valence electrons. The lowest BCUT2D eigenvalue weighted by atomic mass is 9.99. The first-order valence-corrected chi connectivity index (χ1v) is 11.9. The van der Waals surface area contributed by atoms with Crippen molar-refractivity contribution in [1.29, 1.82) is 0 Å². The van der Waals surface area contributed by atoms with Gasteiger partial charge in [0.05, 0.1) is 22.5 Å². The zero-order valence-electron chi connectivity index (χ0n) is 21.2. The summed E-state index contributed by atoms with van der Waals surface area (Å²) in [5.74, 6) is -7.52. The second kappa shape index (κ2) is 10.8. The summed E-state index contributed by atoms with van der Waals surface area (Å²) >= 11 is 0. The number of hydrogen-bond donors (Lipinski definition) is 2. The maximum Gasteiger partial charge on any atom is 0.417 e. The number of alkyl halides is 3.